The van der Waals surface area contributed by atoms with Gasteiger partial charge in [0.1, 0.15) is 21.8 Å². The molecule has 0 unspecified atom stereocenters. The highest BCUT2D eigenvalue weighted by molar-refractivity contribution is 7.15. The van der Waals surface area contributed by atoms with Crippen LogP contribution in [-0.4, -0.2) is 24.1 Å². The highest BCUT2D eigenvalue weighted by Gasteiger charge is 2.25. The Labute approximate surface area is 172 Å². The molecule has 0 aliphatic heterocycles. The molecule has 1 aliphatic rings. The Morgan fingerprint density at radius 2 is 1.90 bits per heavy atom. The zero-order valence-electron chi connectivity index (χ0n) is 15.6. The molecule has 9 heteroatoms. The molecule has 0 bridgehead atoms. The molecule has 0 saturated carbocycles. The van der Waals surface area contributed by atoms with Crippen molar-refractivity contribution in [2.45, 2.75) is 12.8 Å². The average Bonchev–Trinajstić information content (AvgIpc) is 3.33. The van der Waals surface area contributed by atoms with Crippen LogP contribution in [0.3, 0.4) is 0 Å². The number of carboxylic acids is 1. The topological polar surface area (TPSA) is 88.8 Å². The Morgan fingerprint density at radius 1 is 1.13 bits per heavy atom. The number of rotatable bonds is 5. The number of halogens is 2. The third-order valence-electron chi connectivity index (χ3n) is 4.64. The quantitative estimate of drug-likeness (QED) is 0.645. The monoisotopic (exact) mass is 431 g/mol. The molecule has 154 valence electrons. The molecule has 2 heterocycles. The smallest absolute Gasteiger partial charge is 0.339 e. The van der Waals surface area contributed by atoms with E-state index in [-0.39, 0.29) is 33.2 Å². The lowest BCUT2D eigenvalue weighted by Crippen LogP contribution is -2.21. The third kappa shape index (κ3) is 3.48. The van der Waals surface area contributed by atoms with E-state index >= 15 is 0 Å². The molecule has 30 heavy (non-hydrogen) atoms. The molecule has 0 atom stereocenters. The molecular formula is C21H15F2NO5S. The van der Waals surface area contributed by atoms with E-state index < -0.39 is 23.5 Å². The van der Waals surface area contributed by atoms with Crippen molar-refractivity contribution < 1.29 is 32.6 Å². The van der Waals surface area contributed by atoms with Gasteiger partial charge in [0.25, 0.3) is 5.91 Å². The molecular weight excluding hydrogens is 416 g/mol. The number of fused-ring (bicyclic) bond motifs is 1. The molecule has 0 spiro atoms. The summed E-state index contributed by atoms with van der Waals surface area (Å²) in [5.74, 6) is -3.98. The molecule has 1 aliphatic carbocycles. The number of amides is 1. The standard InChI is InChI=1S/C21H15F2NO5S/c1-28-16-8-13(22)11(7-14(16)23)12-9-30-20(18(12)21(26)27)24-19(25)17-6-10-4-2-3-5-15(10)29-17/h4-9H,2-3H2,1H3,(H,24,25)(H,26,27). The second-order valence-electron chi connectivity index (χ2n) is 6.50. The number of ether oxygens (including phenoxy) is 1. The summed E-state index contributed by atoms with van der Waals surface area (Å²) in [6.45, 7) is 0. The molecule has 3 aromatic rings. The van der Waals surface area contributed by atoms with Crippen molar-refractivity contribution in [3.05, 3.63) is 57.2 Å². The summed E-state index contributed by atoms with van der Waals surface area (Å²) in [5.41, 5.74) is -0.0545. The van der Waals surface area contributed by atoms with Gasteiger partial charge in [0, 0.05) is 27.8 Å². The van der Waals surface area contributed by atoms with Crippen LogP contribution in [0.5, 0.6) is 5.75 Å². The van der Waals surface area contributed by atoms with Crippen molar-refractivity contribution in [3.63, 3.8) is 0 Å². The maximum atomic E-state index is 14.5. The SMILES string of the molecule is COc1cc(F)c(-c2csc(NC(=O)c3cc4c(o3)=CCCC=4)c2C(=O)O)cc1F. The van der Waals surface area contributed by atoms with Crippen LogP contribution in [-0.2, 0) is 0 Å². The van der Waals surface area contributed by atoms with E-state index in [0.717, 1.165) is 41.5 Å². The number of benzene rings is 1. The predicted molar refractivity (Wildman–Crippen MR) is 107 cm³/mol. The van der Waals surface area contributed by atoms with Crippen LogP contribution in [0.1, 0.15) is 33.8 Å². The first-order chi connectivity index (χ1) is 14.4. The number of carbonyl (C=O) groups is 2. The van der Waals surface area contributed by atoms with Crippen LogP contribution in [0.2, 0.25) is 0 Å². The molecule has 4 rings (SSSR count). The fourth-order valence-corrected chi connectivity index (χ4v) is 4.17. The summed E-state index contributed by atoms with van der Waals surface area (Å²) >= 11 is 0.891. The molecule has 6 nitrogen and oxygen atoms in total. The van der Waals surface area contributed by atoms with E-state index in [1.54, 1.807) is 6.07 Å². The summed E-state index contributed by atoms with van der Waals surface area (Å²) in [6, 6.07) is 3.28. The number of furan rings is 1. The minimum atomic E-state index is -1.39. The molecule has 1 amide bonds. The van der Waals surface area contributed by atoms with Crippen molar-refractivity contribution in [2.75, 3.05) is 12.4 Å². The number of thiophene rings is 1. The van der Waals surface area contributed by atoms with E-state index in [9.17, 15) is 23.5 Å². The molecule has 1 aromatic carbocycles. The number of carbonyl (C=O) groups excluding carboxylic acids is 1. The zero-order chi connectivity index (χ0) is 21.4. The Balaban J connectivity index is 1.72. The Hall–Kier alpha value is -3.46. The fourth-order valence-electron chi connectivity index (χ4n) is 3.22. The maximum absolute atomic E-state index is 14.5. The van der Waals surface area contributed by atoms with Crippen molar-refractivity contribution in [1.29, 1.82) is 0 Å². The van der Waals surface area contributed by atoms with Crippen LogP contribution < -0.4 is 20.7 Å². The molecule has 2 aromatic heterocycles. The van der Waals surface area contributed by atoms with Gasteiger partial charge in [-0.25, -0.2) is 13.6 Å². The lowest BCUT2D eigenvalue weighted by molar-refractivity contribution is 0.0699. The van der Waals surface area contributed by atoms with Crippen molar-refractivity contribution in [3.8, 4) is 16.9 Å². The van der Waals surface area contributed by atoms with Gasteiger partial charge in [0.15, 0.2) is 17.3 Å². The lowest BCUT2D eigenvalue weighted by atomic mass is 10.0. The second kappa shape index (κ2) is 7.75. The largest absolute Gasteiger partial charge is 0.494 e. The minimum Gasteiger partial charge on any atom is -0.494 e. The predicted octanol–water partition coefficient (Wildman–Crippen LogP) is 3.60. The number of anilines is 1. The van der Waals surface area contributed by atoms with Crippen molar-refractivity contribution in [2.24, 2.45) is 0 Å². The molecule has 0 fully saturated rings. The van der Waals surface area contributed by atoms with Gasteiger partial charge in [0.2, 0.25) is 0 Å². The zero-order valence-corrected chi connectivity index (χ0v) is 16.4. The van der Waals surface area contributed by atoms with Gasteiger partial charge >= 0.3 is 5.97 Å². The summed E-state index contributed by atoms with van der Waals surface area (Å²) in [4.78, 5) is 24.4. The minimum absolute atomic E-state index is 0.0135. The van der Waals surface area contributed by atoms with E-state index in [4.69, 9.17) is 9.15 Å². The first-order valence-corrected chi connectivity index (χ1v) is 9.76. The average molecular weight is 431 g/mol. The molecule has 0 saturated heterocycles. The summed E-state index contributed by atoms with van der Waals surface area (Å²) in [6.07, 6.45) is 5.47. The van der Waals surface area contributed by atoms with Crippen LogP contribution in [0.25, 0.3) is 23.3 Å². The number of nitrogens with one attached hydrogen (secondary N) is 1. The maximum Gasteiger partial charge on any atom is 0.339 e. The van der Waals surface area contributed by atoms with Gasteiger partial charge in [-0.05, 0) is 31.1 Å². The summed E-state index contributed by atoms with van der Waals surface area (Å²) in [5, 5.41) is 14.3. The van der Waals surface area contributed by atoms with Crippen LogP contribution >= 0.6 is 11.3 Å². The highest BCUT2D eigenvalue weighted by Crippen LogP contribution is 2.38. The van der Waals surface area contributed by atoms with Gasteiger partial charge in [0.05, 0.1) is 7.11 Å². The van der Waals surface area contributed by atoms with Gasteiger partial charge < -0.3 is 19.6 Å². The number of carboxylic acid groups (broad SMARTS) is 1. The lowest BCUT2D eigenvalue weighted by Gasteiger charge is -2.08. The number of hydrogen-bond acceptors (Lipinski definition) is 5. The first-order valence-electron chi connectivity index (χ1n) is 8.88. The van der Waals surface area contributed by atoms with Crippen LogP contribution in [0.4, 0.5) is 13.8 Å². The van der Waals surface area contributed by atoms with E-state index in [1.165, 1.54) is 12.5 Å². The molecule has 2 N–H and O–H groups in total. The van der Waals surface area contributed by atoms with E-state index in [0.29, 0.717) is 5.42 Å². The first kappa shape index (κ1) is 19.8. The fraction of sp³-hybridized carbons (Fsp3) is 0.143. The van der Waals surface area contributed by atoms with Crippen molar-refractivity contribution >= 4 is 40.4 Å². The van der Waals surface area contributed by atoms with E-state index in [2.05, 4.69) is 5.32 Å². The Kier molecular flexibility index (Phi) is 5.13. The summed E-state index contributed by atoms with van der Waals surface area (Å²) < 4.78 is 38.8. The van der Waals surface area contributed by atoms with Gasteiger partial charge in [-0.15, -0.1) is 11.3 Å². The van der Waals surface area contributed by atoms with E-state index in [1.807, 2.05) is 12.2 Å². The normalized spacial score (nSPS) is 12.5. The molecule has 0 radical (unpaired) electrons. The van der Waals surface area contributed by atoms with Gasteiger partial charge in [-0.2, -0.15) is 0 Å². The Bertz CT molecular complexity index is 1260. The number of hydrogen-bond donors (Lipinski definition) is 2. The highest BCUT2D eigenvalue weighted by atomic mass is 32.1. The third-order valence-corrected chi connectivity index (χ3v) is 5.53. The van der Waals surface area contributed by atoms with Crippen LogP contribution in [0, 0.1) is 11.6 Å². The summed E-state index contributed by atoms with van der Waals surface area (Å²) in [7, 11) is 1.19. The van der Waals surface area contributed by atoms with Crippen LogP contribution in [0.15, 0.2) is 28.0 Å². The van der Waals surface area contributed by atoms with Crippen molar-refractivity contribution in [1.82, 2.24) is 0 Å². The van der Waals surface area contributed by atoms with Gasteiger partial charge in [-0.1, -0.05) is 6.08 Å². The Morgan fingerprint density at radius 3 is 2.60 bits per heavy atom. The second-order valence-corrected chi connectivity index (χ2v) is 7.37. The number of methoxy groups -OCH3 is 1. The number of aromatic carboxylic acids is 1. The van der Waals surface area contributed by atoms with Gasteiger partial charge in [-0.3, -0.25) is 4.79 Å².